The zero-order chi connectivity index (χ0) is 8.39. The third-order valence-corrected chi connectivity index (χ3v) is 2.96. The van der Waals surface area contributed by atoms with Crippen molar-refractivity contribution < 1.29 is 4.42 Å². The van der Waals surface area contributed by atoms with Gasteiger partial charge in [-0.05, 0) is 12.8 Å². The van der Waals surface area contributed by atoms with Crippen LogP contribution in [0.15, 0.2) is 10.6 Å². The van der Waals surface area contributed by atoms with Crippen molar-refractivity contribution in [2.45, 2.75) is 36.9 Å². The number of halogens is 1. The van der Waals surface area contributed by atoms with Crippen LogP contribution in [0.3, 0.4) is 0 Å². The summed E-state index contributed by atoms with van der Waals surface area (Å²) in [6.45, 7) is 0. The molecule has 1 aliphatic rings. The third kappa shape index (κ3) is 1.56. The zero-order valence-corrected chi connectivity index (χ0v) is 8.51. The maximum atomic E-state index is 5.56. The summed E-state index contributed by atoms with van der Waals surface area (Å²) >= 11 is 3.35. The van der Waals surface area contributed by atoms with Gasteiger partial charge in [-0.15, -0.1) is 0 Å². The van der Waals surface area contributed by atoms with Gasteiger partial charge in [0.2, 0.25) is 0 Å². The number of oxazole rings is 1. The van der Waals surface area contributed by atoms with Crippen molar-refractivity contribution in [1.82, 2.24) is 4.98 Å². The summed E-state index contributed by atoms with van der Waals surface area (Å²) in [5.74, 6) is 2.48. The van der Waals surface area contributed by atoms with Gasteiger partial charge in [0.15, 0.2) is 5.89 Å². The van der Waals surface area contributed by atoms with Crippen molar-refractivity contribution in [2.75, 3.05) is 0 Å². The molecule has 1 heterocycles. The second-order valence-electron chi connectivity index (χ2n) is 3.28. The van der Waals surface area contributed by atoms with Crippen LogP contribution < -0.4 is 0 Å². The molecular weight excluding hydrogens is 218 g/mol. The maximum absolute atomic E-state index is 5.56. The molecule has 0 spiro atoms. The molecule has 1 aromatic heterocycles. The van der Waals surface area contributed by atoms with Crippen LogP contribution in [0.1, 0.15) is 43.3 Å². The number of hydrogen-bond donors (Lipinski definition) is 0. The van der Waals surface area contributed by atoms with Gasteiger partial charge >= 0.3 is 0 Å². The van der Waals surface area contributed by atoms with E-state index in [0.717, 1.165) is 17.0 Å². The summed E-state index contributed by atoms with van der Waals surface area (Å²) in [4.78, 5) is 4.27. The first-order valence-electron chi connectivity index (χ1n) is 4.40. The van der Waals surface area contributed by atoms with E-state index in [1.54, 1.807) is 0 Å². The highest BCUT2D eigenvalue weighted by molar-refractivity contribution is 9.08. The summed E-state index contributed by atoms with van der Waals surface area (Å²) in [6.07, 6.45) is 6.99. The van der Waals surface area contributed by atoms with Crippen LogP contribution in [0.25, 0.3) is 0 Å². The van der Waals surface area contributed by atoms with Crippen molar-refractivity contribution in [1.29, 1.82) is 0 Å². The molecule has 0 amide bonds. The zero-order valence-electron chi connectivity index (χ0n) is 6.92. The lowest BCUT2D eigenvalue weighted by atomic mass is 10.1. The molecule has 0 N–H and O–H groups in total. The summed E-state index contributed by atoms with van der Waals surface area (Å²) in [7, 11) is 0. The van der Waals surface area contributed by atoms with Gasteiger partial charge in [-0.1, -0.05) is 28.8 Å². The number of aromatic nitrogens is 1. The van der Waals surface area contributed by atoms with E-state index in [-0.39, 0.29) is 0 Å². The number of alkyl halides is 1. The Morgan fingerprint density at radius 1 is 1.50 bits per heavy atom. The minimum absolute atomic E-state index is 0.595. The highest BCUT2D eigenvalue weighted by Crippen LogP contribution is 2.33. The summed E-state index contributed by atoms with van der Waals surface area (Å²) in [6, 6.07) is 0. The van der Waals surface area contributed by atoms with E-state index < -0.39 is 0 Å². The lowest BCUT2D eigenvalue weighted by Crippen LogP contribution is -1.90. The minimum Gasteiger partial charge on any atom is -0.445 e. The largest absolute Gasteiger partial charge is 0.445 e. The van der Waals surface area contributed by atoms with Crippen molar-refractivity contribution in [3.05, 3.63) is 17.8 Å². The van der Waals surface area contributed by atoms with Gasteiger partial charge in [-0.3, -0.25) is 0 Å². The molecule has 0 saturated heterocycles. The fraction of sp³-hybridized carbons (Fsp3) is 0.667. The predicted octanol–water partition coefficient (Wildman–Crippen LogP) is 3.23. The maximum Gasteiger partial charge on any atom is 0.197 e. The van der Waals surface area contributed by atoms with E-state index in [0.29, 0.717) is 5.92 Å². The molecule has 0 unspecified atom stereocenters. The van der Waals surface area contributed by atoms with Gasteiger partial charge < -0.3 is 4.42 Å². The summed E-state index contributed by atoms with van der Waals surface area (Å²) in [5.41, 5.74) is 0. The van der Waals surface area contributed by atoms with Gasteiger partial charge in [0.1, 0.15) is 5.76 Å². The monoisotopic (exact) mass is 229 g/mol. The molecule has 2 nitrogen and oxygen atoms in total. The second kappa shape index (κ2) is 3.60. The first-order chi connectivity index (χ1) is 5.90. The molecule has 1 fully saturated rings. The van der Waals surface area contributed by atoms with Crippen molar-refractivity contribution in [2.24, 2.45) is 0 Å². The summed E-state index contributed by atoms with van der Waals surface area (Å²) in [5, 5.41) is 0.771. The molecule has 2 rings (SSSR count). The third-order valence-electron chi connectivity index (χ3n) is 2.41. The van der Waals surface area contributed by atoms with Crippen LogP contribution >= 0.6 is 15.9 Å². The number of nitrogens with zero attached hydrogens (tertiary/aromatic N) is 1. The topological polar surface area (TPSA) is 26.0 Å². The minimum atomic E-state index is 0.595. The Bertz CT molecular complexity index is 253. The molecule has 0 atom stereocenters. The molecule has 0 aromatic carbocycles. The summed E-state index contributed by atoms with van der Waals surface area (Å²) < 4.78 is 5.56. The van der Waals surface area contributed by atoms with E-state index in [9.17, 15) is 0 Å². The molecule has 1 saturated carbocycles. The molecule has 3 heteroatoms. The number of hydrogen-bond acceptors (Lipinski definition) is 2. The normalized spacial score (nSPS) is 18.8. The van der Waals surface area contributed by atoms with E-state index in [1.807, 2.05) is 6.20 Å². The SMILES string of the molecule is BrCc1cnc(C2CCCC2)o1. The average molecular weight is 230 g/mol. The van der Waals surface area contributed by atoms with Crippen LogP contribution in [-0.4, -0.2) is 4.98 Å². The Kier molecular flexibility index (Phi) is 2.49. The quantitative estimate of drug-likeness (QED) is 0.729. The molecule has 66 valence electrons. The van der Waals surface area contributed by atoms with Gasteiger partial charge in [0, 0.05) is 5.92 Å². The first kappa shape index (κ1) is 8.30. The Hall–Kier alpha value is -0.310. The Balaban J connectivity index is 2.11. The number of rotatable bonds is 2. The molecule has 1 aromatic rings. The molecule has 1 aliphatic carbocycles. The van der Waals surface area contributed by atoms with Gasteiger partial charge in [0.25, 0.3) is 0 Å². The van der Waals surface area contributed by atoms with Crippen LogP contribution in [0.2, 0.25) is 0 Å². The van der Waals surface area contributed by atoms with Crippen LogP contribution in [-0.2, 0) is 5.33 Å². The standard InChI is InChI=1S/C9H12BrNO/c10-5-8-6-11-9(12-8)7-3-1-2-4-7/h6-7H,1-5H2. The average Bonchev–Trinajstić information content (AvgIpc) is 2.75. The molecule has 12 heavy (non-hydrogen) atoms. The lowest BCUT2D eigenvalue weighted by molar-refractivity contribution is 0.429. The van der Waals surface area contributed by atoms with E-state index in [2.05, 4.69) is 20.9 Å². The van der Waals surface area contributed by atoms with Crippen LogP contribution in [0.5, 0.6) is 0 Å². The molecule has 0 aliphatic heterocycles. The first-order valence-corrected chi connectivity index (χ1v) is 5.53. The van der Waals surface area contributed by atoms with Crippen LogP contribution in [0.4, 0.5) is 0 Å². The van der Waals surface area contributed by atoms with Gasteiger partial charge in [-0.25, -0.2) is 4.98 Å². The second-order valence-corrected chi connectivity index (χ2v) is 3.84. The fourth-order valence-electron chi connectivity index (χ4n) is 1.75. The van der Waals surface area contributed by atoms with Crippen molar-refractivity contribution in [3.8, 4) is 0 Å². The highest BCUT2D eigenvalue weighted by Gasteiger charge is 2.21. The van der Waals surface area contributed by atoms with Crippen molar-refractivity contribution in [3.63, 3.8) is 0 Å². The fourth-order valence-corrected chi connectivity index (χ4v) is 2.01. The van der Waals surface area contributed by atoms with E-state index >= 15 is 0 Å². The Morgan fingerprint density at radius 3 is 2.83 bits per heavy atom. The van der Waals surface area contributed by atoms with Crippen molar-refractivity contribution >= 4 is 15.9 Å². The van der Waals surface area contributed by atoms with Crippen LogP contribution in [0, 0.1) is 0 Å². The molecule has 0 bridgehead atoms. The van der Waals surface area contributed by atoms with Gasteiger partial charge in [-0.2, -0.15) is 0 Å². The van der Waals surface area contributed by atoms with E-state index in [1.165, 1.54) is 25.7 Å². The smallest absolute Gasteiger partial charge is 0.197 e. The van der Waals surface area contributed by atoms with E-state index in [4.69, 9.17) is 4.42 Å². The molecule has 0 radical (unpaired) electrons. The molecular formula is C9H12BrNO. The van der Waals surface area contributed by atoms with Gasteiger partial charge in [0.05, 0.1) is 11.5 Å². The Labute approximate surface area is 80.5 Å². The predicted molar refractivity (Wildman–Crippen MR) is 50.3 cm³/mol. The highest BCUT2D eigenvalue weighted by atomic mass is 79.9. The lowest BCUT2D eigenvalue weighted by Gasteiger charge is -2.01. The Morgan fingerprint density at radius 2 is 2.25 bits per heavy atom.